The summed E-state index contributed by atoms with van der Waals surface area (Å²) in [7, 11) is 0. The number of aryl methyl sites for hydroxylation is 1. The Hall–Kier alpha value is -1.87. The second-order valence-electron chi connectivity index (χ2n) is 3.65. The largest absolute Gasteiger partial charge is 0.322 e. The summed E-state index contributed by atoms with van der Waals surface area (Å²) in [6.45, 7) is 1.87. The number of nitrogens with one attached hydrogen (secondary N) is 1. The van der Waals surface area contributed by atoms with Gasteiger partial charge in [0.25, 0.3) is 5.91 Å². The molecule has 1 amide bonds. The second-order valence-corrected chi connectivity index (χ2v) is 4.09. The fraction of sp³-hybridized carbons (Fsp3) is 0.0769. The Balaban J connectivity index is 2.17. The van der Waals surface area contributed by atoms with Crippen LogP contribution in [0.25, 0.3) is 0 Å². The van der Waals surface area contributed by atoms with E-state index in [1.165, 1.54) is 0 Å². The fourth-order valence-corrected chi connectivity index (χ4v) is 1.56. The smallest absolute Gasteiger partial charge is 0.257 e. The van der Waals surface area contributed by atoms with Gasteiger partial charge in [0.2, 0.25) is 0 Å². The highest BCUT2D eigenvalue weighted by molar-refractivity contribution is 6.30. The highest BCUT2D eigenvalue weighted by Crippen LogP contribution is 2.15. The van der Waals surface area contributed by atoms with Gasteiger partial charge < -0.3 is 5.32 Å². The highest BCUT2D eigenvalue weighted by atomic mass is 35.5. The first-order valence-electron chi connectivity index (χ1n) is 5.14. The third kappa shape index (κ3) is 2.82. The molecule has 0 aliphatic heterocycles. The first kappa shape index (κ1) is 11.6. The molecule has 0 unspecified atom stereocenters. The Morgan fingerprint density at radius 1 is 1.24 bits per heavy atom. The first-order chi connectivity index (χ1) is 8.16. The molecule has 1 aromatic carbocycles. The average molecular weight is 247 g/mol. The van der Waals surface area contributed by atoms with E-state index in [0.29, 0.717) is 16.3 Å². The van der Waals surface area contributed by atoms with Crippen LogP contribution in [0, 0.1) is 6.92 Å². The van der Waals surface area contributed by atoms with E-state index in [2.05, 4.69) is 10.3 Å². The molecule has 86 valence electrons. The van der Waals surface area contributed by atoms with Gasteiger partial charge in [0.15, 0.2) is 0 Å². The predicted octanol–water partition coefficient (Wildman–Crippen LogP) is 3.30. The molecule has 4 heteroatoms. The minimum absolute atomic E-state index is 0.169. The zero-order chi connectivity index (χ0) is 12.3. The molecule has 0 saturated heterocycles. The molecule has 0 bridgehead atoms. The number of rotatable bonds is 2. The van der Waals surface area contributed by atoms with Crippen molar-refractivity contribution in [3.8, 4) is 0 Å². The zero-order valence-corrected chi connectivity index (χ0v) is 10.0. The maximum Gasteiger partial charge on any atom is 0.257 e. The van der Waals surface area contributed by atoms with Crippen LogP contribution in [0.1, 0.15) is 15.9 Å². The number of pyridine rings is 1. The summed E-state index contributed by atoms with van der Waals surface area (Å²) in [5, 5.41) is 3.43. The van der Waals surface area contributed by atoms with Crippen molar-refractivity contribution in [2.75, 3.05) is 5.32 Å². The van der Waals surface area contributed by atoms with Crippen LogP contribution in [0.4, 0.5) is 5.69 Å². The lowest BCUT2D eigenvalue weighted by atomic mass is 10.1. The number of halogens is 1. The SMILES string of the molecule is Cc1ccncc1C(=O)Nc1ccc(Cl)cc1. The van der Waals surface area contributed by atoms with Crippen LogP contribution in [0.2, 0.25) is 5.02 Å². The van der Waals surface area contributed by atoms with Gasteiger partial charge in [-0.2, -0.15) is 0 Å². The summed E-state index contributed by atoms with van der Waals surface area (Å²) < 4.78 is 0. The van der Waals surface area contributed by atoms with Crippen molar-refractivity contribution in [2.45, 2.75) is 6.92 Å². The van der Waals surface area contributed by atoms with Crippen molar-refractivity contribution in [1.29, 1.82) is 0 Å². The standard InChI is InChI=1S/C13H11ClN2O/c1-9-6-7-15-8-12(9)13(17)16-11-4-2-10(14)3-5-11/h2-8H,1H3,(H,16,17). The van der Waals surface area contributed by atoms with Crippen LogP contribution in [-0.4, -0.2) is 10.9 Å². The number of nitrogens with zero attached hydrogens (tertiary/aromatic N) is 1. The average Bonchev–Trinajstić information content (AvgIpc) is 2.32. The van der Waals surface area contributed by atoms with Crippen LogP contribution < -0.4 is 5.32 Å². The van der Waals surface area contributed by atoms with Crippen molar-refractivity contribution in [3.05, 3.63) is 58.9 Å². The molecule has 1 N–H and O–H groups in total. The van der Waals surface area contributed by atoms with Crippen molar-refractivity contribution in [2.24, 2.45) is 0 Å². The zero-order valence-electron chi connectivity index (χ0n) is 9.27. The van der Waals surface area contributed by atoms with Crippen LogP contribution in [0.3, 0.4) is 0 Å². The molecular formula is C13H11ClN2O. The van der Waals surface area contributed by atoms with Gasteiger partial charge in [0.05, 0.1) is 5.56 Å². The Morgan fingerprint density at radius 3 is 2.59 bits per heavy atom. The second kappa shape index (κ2) is 4.97. The summed E-state index contributed by atoms with van der Waals surface area (Å²) >= 11 is 5.77. The lowest BCUT2D eigenvalue weighted by molar-refractivity contribution is 0.102. The number of carbonyl (C=O) groups excluding carboxylic acids is 1. The molecule has 0 aliphatic carbocycles. The third-order valence-corrected chi connectivity index (χ3v) is 2.64. The molecule has 0 saturated carbocycles. The Bertz CT molecular complexity index is 537. The van der Waals surface area contributed by atoms with Crippen molar-refractivity contribution in [3.63, 3.8) is 0 Å². The van der Waals surface area contributed by atoms with Gasteiger partial charge in [-0.3, -0.25) is 9.78 Å². The Labute approximate surface area is 104 Å². The lowest BCUT2D eigenvalue weighted by Crippen LogP contribution is -2.13. The van der Waals surface area contributed by atoms with Gasteiger partial charge >= 0.3 is 0 Å². The van der Waals surface area contributed by atoms with Gasteiger partial charge in [0.1, 0.15) is 0 Å². The molecule has 0 aliphatic rings. The third-order valence-electron chi connectivity index (χ3n) is 2.39. The summed E-state index contributed by atoms with van der Waals surface area (Å²) in [5.74, 6) is -0.169. The highest BCUT2D eigenvalue weighted by Gasteiger charge is 2.08. The monoisotopic (exact) mass is 246 g/mol. The van der Waals surface area contributed by atoms with E-state index in [0.717, 1.165) is 5.56 Å². The molecule has 0 fully saturated rings. The van der Waals surface area contributed by atoms with Gasteiger partial charge in [-0.1, -0.05) is 11.6 Å². The number of benzene rings is 1. The first-order valence-corrected chi connectivity index (χ1v) is 5.52. The van der Waals surface area contributed by atoms with E-state index >= 15 is 0 Å². The van der Waals surface area contributed by atoms with Gasteiger partial charge in [0, 0.05) is 23.1 Å². The molecule has 17 heavy (non-hydrogen) atoms. The fourth-order valence-electron chi connectivity index (χ4n) is 1.43. The minimum Gasteiger partial charge on any atom is -0.322 e. The summed E-state index contributed by atoms with van der Waals surface area (Å²) in [6, 6.07) is 8.77. The van der Waals surface area contributed by atoms with Crippen LogP contribution in [0.15, 0.2) is 42.7 Å². The molecule has 0 spiro atoms. The number of aromatic nitrogens is 1. The summed E-state index contributed by atoms with van der Waals surface area (Å²) in [6.07, 6.45) is 3.22. The summed E-state index contributed by atoms with van der Waals surface area (Å²) in [4.78, 5) is 15.9. The number of carbonyl (C=O) groups is 1. The van der Waals surface area contributed by atoms with Gasteiger partial charge in [-0.15, -0.1) is 0 Å². The van der Waals surface area contributed by atoms with E-state index in [-0.39, 0.29) is 5.91 Å². The number of hydrogen-bond acceptors (Lipinski definition) is 2. The van der Waals surface area contributed by atoms with Crippen LogP contribution in [-0.2, 0) is 0 Å². The van der Waals surface area contributed by atoms with Gasteiger partial charge in [-0.25, -0.2) is 0 Å². The predicted molar refractivity (Wildman–Crippen MR) is 68.4 cm³/mol. The van der Waals surface area contributed by atoms with Crippen molar-refractivity contribution in [1.82, 2.24) is 4.98 Å². The van der Waals surface area contributed by atoms with Crippen molar-refractivity contribution < 1.29 is 4.79 Å². The minimum atomic E-state index is -0.169. The van der Waals surface area contributed by atoms with Gasteiger partial charge in [-0.05, 0) is 42.8 Å². The molecule has 0 radical (unpaired) electrons. The topological polar surface area (TPSA) is 42.0 Å². The van der Waals surface area contributed by atoms with E-state index in [9.17, 15) is 4.79 Å². The Kier molecular flexibility index (Phi) is 3.40. The van der Waals surface area contributed by atoms with Crippen molar-refractivity contribution >= 4 is 23.2 Å². The number of anilines is 1. The summed E-state index contributed by atoms with van der Waals surface area (Å²) in [5.41, 5.74) is 2.18. The molecule has 1 aromatic heterocycles. The molecule has 1 heterocycles. The quantitative estimate of drug-likeness (QED) is 0.884. The maximum atomic E-state index is 11.9. The molecular weight excluding hydrogens is 236 g/mol. The molecule has 2 rings (SSSR count). The molecule has 3 nitrogen and oxygen atoms in total. The van der Waals surface area contributed by atoms with Crippen LogP contribution in [0.5, 0.6) is 0 Å². The van der Waals surface area contributed by atoms with E-state index in [1.807, 2.05) is 6.92 Å². The normalized spacial score (nSPS) is 10.0. The van der Waals surface area contributed by atoms with Crippen LogP contribution >= 0.6 is 11.6 Å². The number of amides is 1. The van der Waals surface area contributed by atoms with E-state index in [1.54, 1.807) is 42.7 Å². The van der Waals surface area contributed by atoms with E-state index < -0.39 is 0 Å². The Morgan fingerprint density at radius 2 is 1.94 bits per heavy atom. The lowest BCUT2D eigenvalue weighted by Gasteiger charge is -2.06. The number of hydrogen-bond donors (Lipinski definition) is 1. The molecule has 2 aromatic rings. The maximum absolute atomic E-state index is 11.9. The van der Waals surface area contributed by atoms with E-state index in [4.69, 9.17) is 11.6 Å². The molecule has 0 atom stereocenters.